The molecule has 0 radical (unpaired) electrons. The van der Waals surface area contributed by atoms with Gasteiger partial charge in [0.25, 0.3) is 15.9 Å². The molecule has 1 spiro atoms. The number of ether oxygens (including phenoxy) is 1. The van der Waals surface area contributed by atoms with E-state index >= 15 is 0 Å². The quantitative estimate of drug-likeness (QED) is 0.0646. The molecule has 348 valence electrons. The predicted octanol–water partition coefficient (Wildman–Crippen LogP) is 9.37. The molecule has 2 saturated heterocycles. The highest BCUT2D eigenvalue weighted by Gasteiger charge is 2.43. The lowest BCUT2D eigenvalue weighted by molar-refractivity contribution is -0.384. The van der Waals surface area contributed by atoms with E-state index in [1.807, 2.05) is 12.1 Å². The number of nitro groups is 1. The number of hydrogen-bond acceptors (Lipinski definition) is 12. The standard InChI is InChI=1S/C50H60N8O7S/c1-49(60)17-12-33(13-18-49)30-52-47-44(58(61)62)29-39(32-54-47)66(63,64)55-48(59)42-11-10-37(28-45(42)65-38-27-35-16-23-51-46(35)53-31-38)56-25-21-50(22-26-56)19-14-36(15-20-50)57-24-4-7-43(57)41-6-3-2-5-40(41)34-8-9-34/h2-3,5-6,10-11,16,23,27-29,31-34,36,43,60H,4,7-9,12-15,17-22,24-26,30H2,1H3,(H,51,53)(H,52,54)(H,55,59)/t33?,43-,49?/m0/s1. The smallest absolute Gasteiger partial charge is 0.312 e. The van der Waals surface area contributed by atoms with Gasteiger partial charge < -0.3 is 25.0 Å². The number of amides is 1. The van der Waals surface area contributed by atoms with Crippen molar-refractivity contribution in [3.63, 3.8) is 0 Å². The van der Waals surface area contributed by atoms with Gasteiger partial charge in [0.2, 0.25) is 5.82 Å². The maximum atomic E-state index is 14.0. The van der Waals surface area contributed by atoms with E-state index in [1.165, 1.54) is 57.9 Å². The van der Waals surface area contributed by atoms with E-state index < -0.39 is 37.0 Å². The summed E-state index contributed by atoms with van der Waals surface area (Å²) in [5.41, 5.74) is 3.71. The van der Waals surface area contributed by atoms with Gasteiger partial charge in [-0.25, -0.2) is 23.1 Å². The number of benzene rings is 2. The number of pyridine rings is 2. The summed E-state index contributed by atoms with van der Waals surface area (Å²) in [6.45, 7) is 5.07. The number of sulfonamides is 1. The highest BCUT2D eigenvalue weighted by atomic mass is 32.2. The third kappa shape index (κ3) is 9.36. The van der Waals surface area contributed by atoms with Crippen LogP contribution in [0.25, 0.3) is 11.0 Å². The van der Waals surface area contributed by atoms with Crippen molar-refractivity contribution in [2.75, 3.05) is 36.4 Å². The Kier molecular flexibility index (Phi) is 12.0. The average Bonchev–Trinajstić information content (AvgIpc) is 3.85. The van der Waals surface area contributed by atoms with Crippen molar-refractivity contribution in [3.05, 3.63) is 106 Å². The van der Waals surface area contributed by atoms with E-state index in [4.69, 9.17) is 4.74 Å². The van der Waals surface area contributed by atoms with Crippen LogP contribution in [0.1, 0.15) is 130 Å². The fraction of sp³-hybridized carbons (Fsp3) is 0.500. The number of likely N-dealkylation sites (tertiary alicyclic amines) is 1. The molecule has 16 heteroatoms. The first-order valence-corrected chi connectivity index (χ1v) is 25.3. The minimum atomic E-state index is -4.62. The van der Waals surface area contributed by atoms with Gasteiger partial charge in [-0.15, -0.1) is 0 Å². The molecule has 4 N–H and O–H groups in total. The number of rotatable bonds is 13. The second-order valence-corrected chi connectivity index (χ2v) is 21.6. The van der Waals surface area contributed by atoms with Crippen LogP contribution in [0.3, 0.4) is 0 Å². The van der Waals surface area contributed by atoms with Crippen molar-refractivity contribution in [3.8, 4) is 11.5 Å². The zero-order chi connectivity index (χ0) is 45.6. The van der Waals surface area contributed by atoms with Gasteiger partial charge in [-0.1, -0.05) is 24.3 Å². The van der Waals surface area contributed by atoms with Crippen molar-refractivity contribution in [2.45, 2.75) is 125 Å². The molecule has 5 fully saturated rings. The maximum absolute atomic E-state index is 14.0. The van der Waals surface area contributed by atoms with Crippen molar-refractivity contribution < 1.29 is 28.0 Å². The molecule has 66 heavy (non-hydrogen) atoms. The maximum Gasteiger partial charge on any atom is 0.312 e. The third-order valence-corrected chi connectivity index (χ3v) is 16.8. The Bertz CT molecular complexity index is 2710. The highest BCUT2D eigenvalue weighted by Crippen LogP contribution is 2.50. The van der Waals surface area contributed by atoms with E-state index in [1.54, 1.807) is 48.6 Å². The molecule has 0 unspecified atom stereocenters. The summed E-state index contributed by atoms with van der Waals surface area (Å²) in [4.78, 5) is 41.7. The fourth-order valence-corrected chi connectivity index (χ4v) is 12.3. The van der Waals surface area contributed by atoms with Crippen LogP contribution in [0.2, 0.25) is 0 Å². The number of carbonyl (C=O) groups is 1. The molecule has 3 saturated carbocycles. The van der Waals surface area contributed by atoms with E-state index in [-0.39, 0.29) is 23.0 Å². The van der Waals surface area contributed by atoms with E-state index in [2.05, 4.69) is 59.1 Å². The van der Waals surface area contributed by atoms with Crippen molar-refractivity contribution >= 4 is 44.2 Å². The minimum absolute atomic E-state index is 0.0320. The first-order chi connectivity index (χ1) is 31.8. The molecule has 3 aliphatic carbocycles. The van der Waals surface area contributed by atoms with Crippen molar-refractivity contribution in [2.24, 2.45) is 11.3 Å². The van der Waals surface area contributed by atoms with Crippen molar-refractivity contribution in [1.29, 1.82) is 0 Å². The van der Waals surface area contributed by atoms with Gasteiger partial charge in [0.15, 0.2) is 0 Å². The van der Waals surface area contributed by atoms with E-state index in [0.29, 0.717) is 48.3 Å². The Morgan fingerprint density at radius 2 is 1.67 bits per heavy atom. The summed E-state index contributed by atoms with van der Waals surface area (Å²) >= 11 is 0. The van der Waals surface area contributed by atoms with Crippen LogP contribution in [0.5, 0.6) is 11.5 Å². The second-order valence-electron chi connectivity index (χ2n) is 19.9. The number of aromatic nitrogens is 3. The Hall–Kier alpha value is -5.58. The zero-order valence-corrected chi connectivity index (χ0v) is 38.4. The van der Waals surface area contributed by atoms with Crippen LogP contribution >= 0.6 is 0 Å². The lowest BCUT2D eigenvalue weighted by atomic mass is 9.66. The SMILES string of the molecule is CC1(O)CCC(CNc2ncc(S(=O)(=O)NC(=O)c3ccc(N4CCC5(CCC(N6CCC[C@H]6c6ccccc6C6CC6)CC5)CC4)cc3Oc3cnc4[nH]ccc4c3)cc2[N+](=O)[O-])CC1. The summed E-state index contributed by atoms with van der Waals surface area (Å²) in [6, 6.07) is 20.1. The van der Waals surface area contributed by atoms with Gasteiger partial charge in [-0.05, 0) is 156 Å². The molecule has 15 nitrogen and oxygen atoms in total. The molecule has 1 amide bonds. The lowest BCUT2D eigenvalue weighted by Gasteiger charge is -2.48. The number of H-pyrrole nitrogens is 1. The first kappa shape index (κ1) is 44.3. The Balaban J connectivity index is 0.824. The molecule has 2 aromatic carbocycles. The Morgan fingerprint density at radius 3 is 2.41 bits per heavy atom. The fourth-order valence-electron chi connectivity index (χ4n) is 11.3. The molecular weight excluding hydrogens is 857 g/mol. The van der Waals surface area contributed by atoms with Crippen LogP contribution in [-0.2, 0) is 10.0 Å². The lowest BCUT2D eigenvalue weighted by Crippen LogP contribution is -2.45. The van der Waals surface area contributed by atoms with Gasteiger partial charge in [-0.2, -0.15) is 0 Å². The van der Waals surface area contributed by atoms with Crippen molar-refractivity contribution in [1.82, 2.24) is 24.6 Å². The molecule has 0 bridgehead atoms. The van der Waals surface area contributed by atoms with Gasteiger partial charge in [-0.3, -0.25) is 19.8 Å². The van der Waals surface area contributed by atoms with Crippen LogP contribution < -0.4 is 19.7 Å². The molecule has 3 aromatic heterocycles. The highest BCUT2D eigenvalue weighted by molar-refractivity contribution is 7.90. The minimum Gasteiger partial charge on any atom is -0.455 e. The molecule has 10 rings (SSSR count). The Labute approximate surface area is 385 Å². The van der Waals surface area contributed by atoms with Gasteiger partial charge >= 0.3 is 5.69 Å². The summed E-state index contributed by atoms with van der Waals surface area (Å²) < 4.78 is 35.9. The second kappa shape index (κ2) is 17.9. The van der Waals surface area contributed by atoms with Crippen LogP contribution in [-0.4, -0.2) is 82.0 Å². The monoisotopic (exact) mass is 916 g/mol. The number of fused-ring (bicyclic) bond motifs is 1. The molecule has 5 heterocycles. The number of hydrogen-bond donors (Lipinski definition) is 4. The molecule has 2 aliphatic heterocycles. The number of nitrogens with one attached hydrogen (secondary N) is 3. The predicted molar refractivity (Wildman–Crippen MR) is 252 cm³/mol. The summed E-state index contributed by atoms with van der Waals surface area (Å²) in [7, 11) is -4.62. The zero-order valence-electron chi connectivity index (χ0n) is 37.6. The molecule has 1 atom stereocenters. The number of anilines is 2. The van der Waals surface area contributed by atoms with Gasteiger partial charge in [0.05, 0.1) is 28.5 Å². The van der Waals surface area contributed by atoms with E-state index in [0.717, 1.165) is 68.0 Å². The number of aromatic amines is 1. The summed E-state index contributed by atoms with van der Waals surface area (Å²) in [6.07, 6.45) is 19.2. The summed E-state index contributed by atoms with van der Waals surface area (Å²) in [5.74, 6) is 0.402. The average molecular weight is 917 g/mol. The molecule has 5 aliphatic rings. The van der Waals surface area contributed by atoms with E-state index in [9.17, 15) is 28.4 Å². The molecular formula is C50H60N8O7S. The first-order valence-electron chi connectivity index (χ1n) is 23.8. The summed E-state index contributed by atoms with van der Waals surface area (Å²) in [5, 5.41) is 26.3. The number of carbonyl (C=O) groups excluding carboxylic acids is 1. The van der Waals surface area contributed by atoms with Gasteiger partial charge in [0, 0.05) is 61.1 Å². The van der Waals surface area contributed by atoms with Crippen LogP contribution in [0, 0.1) is 21.4 Å². The van der Waals surface area contributed by atoms with Crippen LogP contribution in [0.15, 0.2) is 84.1 Å². The topological polar surface area (TPSA) is 196 Å². The number of piperidine rings is 1. The third-order valence-electron chi connectivity index (χ3n) is 15.5. The normalized spacial score (nSPS) is 23.8. The number of aliphatic hydroxyl groups is 1. The van der Waals surface area contributed by atoms with Crippen LogP contribution in [0.4, 0.5) is 17.2 Å². The number of nitrogens with zero attached hydrogens (tertiary/aromatic N) is 5. The molecule has 5 aromatic rings. The Morgan fingerprint density at radius 1 is 0.909 bits per heavy atom. The van der Waals surface area contributed by atoms with Gasteiger partial charge in [0.1, 0.15) is 22.0 Å². The largest absolute Gasteiger partial charge is 0.455 e.